The molecule has 0 saturated carbocycles. The number of nitro benzene ring substituents is 1. The molecule has 1 saturated heterocycles. The second-order valence-corrected chi connectivity index (χ2v) is 5.74. The van der Waals surface area contributed by atoms with Crippen LogP contribution >= 0.6 is 11.8 Å². The number of rotatable bonds is 4. The van der Waals surface area contributed by atoms with E-state index in [2.05, 4.69) is 0 Å². The van der Waals surface area contributed by atoms with Crippen LogP contribution in [-0.2, 0) is 4.74 Å². The van der Waals surface area contributed by atoms with Gasteiger partial charge in [-0.25, -0.2) is 0 Å². The lowest BCUT2D eigenvalue weighted by Gasteiger charge is -2.39. The molecule has 0 aliphatic carbocycles. The maximum absolute atomic E-state index is 10.6. The van der Waals surface area contributed by atoms with Gasteiger partial charge in [-0.1, -0.05) is 11.8 Å². The van der Waals surface area contributed by atoms with Crippen molar-refractivity contribution in [3.8, 4) is 0 Å². The minimum atomic E-state index is -1.44. The van der Waals surface area contributed by atoms with Crippen molar-refractivity contribution in [2.24, 2.45) is 0 Å². The Labute approximate surface area is 124 Å². The van der Waals surface area contributed by atoms with Crippen LogP contribution in [0.5, 0.6) is 0 Å². The standard InChI is InChI=1S/C12H15NO7S/c14-5-8-9(15)10(16)11(17)12(20-8)21-7-3-1-6(2-4-7)13(18)19/h1-4,8-12,14-17H,5H2/t8-,9-,10+,11-,12?/m1/s1. The van der Waals surface area contributed by atoms with Crippen LogP contribution in [0, 0.1) is 10.1 Å². The highest BCUT2D eigenvalue weighted by atomic mass is 32.2. The number of ether oxygens (including phenoxy) is 1. The molecule has 5 atom stereocenters. The molecule has 1 aromatic carbocycles. The molecule has 1 aromatic rings. The van der Waals surface area contributed by atoms with Gasteiger partial charge >= 0.3 is 0 Å². The lowest BCUT2D eigenvalue weighted by atomic mass is 10.0. The Kier molecular flexibility index (Phi) is 5.14. The quantitative estimate of drug-likeness (QED) is 0.431. The summed E-state index contributed by atoms with van der Waals surface area (Å²) in [6, 6.07) is 5.60. The predicted octanol–water partition coefficient (Wildman–Crippen LogP) is -0.513. The summed E-state index contributed by atoms with van der Waals surface area (Å²) in [5.74, 6) is 0. The number of aliphatic hydroxyl groups is 4. The number of hydrogen-bond donors (Lipinski definition) is 4. The molecule has 21 heavy (non-hydrogen) atoms. The van der Waals surface area contributed by atoms with Crippen molar-refractivity contribution >= 4 is 17.4 Å². The van der Waals surface area contributed by atoms with Crippen LogP contribution in [0.25, 0.3) is 0 Å². The lowest BCUT2D eigenvalue weighted by molar-refractivity contribution is -0.384. The summed E-state index contributed by atoms with van der Waals surface area (Å²) >= 11 is 1.04. The van der Waals surface area contributed by atoms with E-state index in [0.717, 1.165) is 11.8 Å². The molecular formula is C12H15NO7S. The van der Waals surface area contributed by atoms with Gasteiger partial charge in [0.2, 0.25) is 0 Å². The van der Waals surface area contributed by atoms with E-state index in [1.807, 2.05) is 0 Å². The minimum Gasteiger partial charge on any atom is -0.394 e. The van der Waals surface area contributed by atoms with E-state index < -0.39 is 41.4 Å². The average Bonchev–Trinajstić information content (AvgIpc) is 2.48. The van der Waals surface area contributed by atoms with Gasteiger partial charge in [-0.3, -0.25) is 10.1 Å². The molecule has 1 fully saturated rings. The maximum atomic E-state index is 10.6. The fourth-order valence-corrected chi connectivity index (χ4v) is 3.01. The zero-order valence-electron chi connectivity index (χ0n) is 10.8. The van der Waals surface area contributed by atoms with Crippen molar-refractivity contribution < 1.29 is 30.1 Å². The Morgan fingerprint density at radius 3 is 2.29 bits per heavy atom. The highest BCUT2D eigenvalue weighted by molar-refractivity contribution is 7.99. The summed E-state index contributed by atoms with van der Waals surface area (Å²) in [6.45, 7) is -0.498. The second-order valence-electron chi connectivity index (χ2n) is 4.57. The van der Waals surface area contributed by atoms with E-state index in [0.29, 0.717) is 4.90 Å². The Morgan fingerprint density at radius 1 is 1.14 bits per heavy atom. The van der Waals surface area contributed by atoms with Gasteiger partial charge in [0, 0.05) is 17.0 Å². The van der Waals surface area contributed by atoms with E-state index in [9.17, 15) is 25.4 Å². The average molecular weight is 317 g/mol. The largest absolute Gasteiger partial charge is 0.394 e. The zero-order valence-corrected chi connectivity index (χ0v) is 11.6. The summed E-state index contributed by atoms with van der Waals surface area (Å²) in [5, 5.41) is 48.9. The van der Waals surface area contributed by atoms with Gasteiger partial charge in [0.25, 0.3) is 5.69 Å². The third kappa shape index (κ3) is 3.51. The van der Waals surface area contributed by atoms with Crippen LogP contribution in [0.2, 0.25) is 0 Å². The van der Waals surface area contributed by atoms with E-state index in [4.69, 9.17) is 9.84 Å². The van der Waals surface area contributed by atoms with Gasteiger partial charge in [0.05, 0.1) is 11.5 Å². The van der Waals surface area contributed by atoms with Crippen LogP contribution in [0.1, 0.15) is 0 Å². The molecule has 1 heterocycles. The molecule has 116 valence electrons. The lowest BCUT2D eigenvalue weighted by Crippen LogP contribution is -2.57. The van der Waals surface area contributed by atoms with Gasteiger partial charge in [0.15, 0.2) is 0 Å². The Morgan fingerprint density at radius 2 is 1.76 bits per heavy atom. The molecule has 1 aliphatic heterocycles. The smallest absolute Gasteiger partial charge is 0.269 e. The molecule has 8 nitrogen and oxygen atoms in total. The normalized spacial score (nSPS) is 32.9. The van der Waals surface area contributed by atoms with Crippen molar-refractivity contribution in [2.45, 2.75) is 34.7 Å². The van der Waals surface area contributed by atoms with Crippen molar-refractivity contribution in [1.29, 1.82) is 0 Å². The molecular weight excluding hydrogens is 302 g/mol. The first kappa shape index (κ1) is 16.1. The molecule has 9 heteroatoms. The van der Waals surface area contributed by atoms with Crippen molar-refractivity contribution in [3.05, 3.63) is 34.4 Å². The Hall–Kier alpha value is -1.23. The van der Waals surface area contributed by atoms with Gasteiger partial charge in [0.1, 0.15) is 29.9 Å². The van der Waals surface area contributed by atoms with Crippen molar-refractivity contribution in [2.75, 3.05) is 6.61 Å². The maximum Gasteiger partial charge on any atom is 0.269 e. The molecule has 4 N–H and O–H groups in total. The summed E-state index contributed by atoms with van der Waals surface area (Å²) < 4.78 is 5.33. The monoisotopic (exact) mass is 317 g/mol. The van der Waals surface area contributed by atoms with E-state index in [1.54, 1.807) is 0 Å². The SMILES string of the molecule is O=[N+]([O-])c1ccc(SC2O[C@H](CO)[C@@H](O)[C@H](O)[C@H]2O)cc1. The number of benzene rings is 1. The van der Waals surface area contributed by atoms with E-state index in [-0.39, 0.29) is 5.69 Å². The third-order valence-corrected chi connectivity index (χ3v) is 4.31. The van der Waals surface area contributed by atoms with E-state index in [1.165, 1.54) is 24.3 Å². The second kappa shape index (κ2) is 6.69. The number of nitro groups is 1. The molecule has 0 aromatic heterocycles. The highest BCUT2D eigenvalue weighted by Gasteiger charge is 2.43. The van der Waals surface area contributed by atoms with Crippen LogP contribution in [0.4, 0.5) is 5.69 Å². The van der Waals surface area contributed by atoms with Crippen molar-refractivity contribution in [3.63, 3.8) is 0 Å². The summed E-state index contributed by atoms with van der Waals surface area (Å²) in [4.78, 5) is 10.6. The topological polar surface area (TPSA) is 133 Å². The van der Waals surface area contributed by atoms with Crippen LogP contribution in [-0.4, -0.2) is 61.8 Å². The summed E-state index contributed by atoms with van der Waals surface area (Å²) in [5.41, 5.74) is -0.963. The summed E-state index contributed by atoms with van der Waals surface area (Å²) in [7, 11) is 0. The number of nitrogens with zero attached hydrogens (tertiary/aromatic N) is 1. The van der Waals surface area contributed by atoms with E-state index >= 15 is 0 Å². The number of hydrogen-bond acceptors (Lipinski definition) is 8. The Balaban J connectivity index is 2.08. The van der Waals surface area contributed by atoms with Crippen molar-refractivity contribution in [1.82, 2.24) is 0 Å². The van der Waals surface area contributed by atoms with Crippen LogP contribution in [0.15, 0.2) is 29.2 Å². The fourth-order valence-electron chi connectivity index (χ4n) is 1.95. The molecule has 2 rings (SSSR count). The molecule has 1 unspecified atom stereocenters. The first-order chi connectivity index (χ1) is 9.93. The molecule has 0 radical (unpaired) electrons. The number of thioether (sulfide) groups is 1. The highest BCUT2D eigenvalue weighted by Crippen LogP contribution is 2.33. The zero-order chi connectivity index (χ0) is 15.6. The summed E-state index contributed by atoms with van der Waals surface area (Å²) in [6.07, 6.45) is -5.16. The fraction of sp³-hybridized carbons (Fsp3) is 0.500. The van der Waals surface area contributed by atoms with Crippen LogP contribution in [0.3, 0.4) is 0 Å². The van der Waals surface area contributed by atoms with Gasteiger partial charge in [-0.05, 0) is 12.1 Å². The Bertz CT molecular complexity index is 495. The number of aliphatic hydroxyl groups excluding tert-OH is 4. The molecule has 0 amide bonds. The minimum absolute atomic E-state index is 0.0619. The number of non-ortho nitro benzene ring substituents is 1. The first-order valence-electron chi connectivity index (χ1n) is 6.15. The molecule has 0 bridgehead atoms. The molecule has 1 aliphatic rings. The predicted molar refractivity (Wildman–Crippen MR) is 72.7 cm³/mol. The van der Waals surface area contributed by atoms with Crippen LogP contribution < -0.4 is 0 Å². The third-order valence-electron chi connectivity index (χ3n) is 3.15. The van der Waals surface area contributed by atoms with Gasteiger partial charge in [-0.2, -0.15) is 0 Å². The van der Waals surface area contributed by atoms with Gasteiger partial charge in [-0.15, -0.1) is 0 Å². The first-order valence-corrected chi connectivity index (χ1v) is 7.03. The molecule has 0 spiro atoms. The van der Waals surface area contributed by atoms with Gasteiger partial charge < -0.3 is 25.2 Å².